The lowest BCUT2D eigenvalue weighted by molar-refractivity contribution is -0.147. The number of hydrogen-bond donors (Lipinski definition) is 0. The van der Waals surface area contributed by atoms with Crippen molar-refractivity contribution in [3.05, 3.63) is 77.4 Å². The Morgan fingerprint density at radius 1 is 1.00 bits per heavy atom. The van der Waals surface area contributed by atoms with E-state index < -0.39 is 17.3 Å². The maximum absolute atomic E-state index is 13.1. The van der Waals surface area contributed by atoms with Crippen molar-refractivity contribution >= 4 is 17.3 Å². The maximum atomic E-state index is 13.1. The summed E-state index contributed by atoms with van der Waals surface area (Å²) in [5.74, 6) is -1.45. The molecule has 5 nitrogen and oxygen atoms in total. The molecule has 2 aromatic rings. The van der Waals surface area contributed by atoms with E-state index in [-0.39, 0.29) is 30.0 Å². The number of allylic oxidation sites excluding steroid dienone is 1. The lowest BCUT2D eigenvalue weighted by Crippen LogP contribution is -2.26. The van der Waals surface area contributed by atoms with Crippen molar-refractivity contribution in [2.75, 3.05) is 6.61 Å². The van der Waals surface area contributed by atoms with E-state index in [1.54, 1.807) is 67.6 Å². The summed E-state index contributed by atoms with van der Waals surface area (Å²) in [7, 11) is 0. The third-order valence-corrected chi connectivity index (χ3v) is 4.96. The van der Waals surface area contributed by atoms with Gasteiger partial charge in [0.05, 0.1) is 6.61 Å². The third-order valence-electron chi connectivity index (χ3n) is 4.96. The predicted octanol–water partition coefficient (Wildman–Crippen LogP) is 3.94. The molecule has 3 rings (SSSR count). The van der Waals surface area contributed by atoms with Gasteiger partial charge in [-0.05, 0) is 18.9 Å². The van der Waals surface area contributed by atoms with Crippen molar-refractivity contribution < 1.29 is 14.3 Å². The van der Waals surface area contributed by atoms with Gasteiger partial charge in [0.2, 0.25) is 0 Å². The number of esters is 1. The molecule has 0 aliphatic heterocycles. The van der Waals surface area contributed by atoms with Crippen molar-refractivity contribution in [3.63, 3.8) is 0 Å². The lowest BCUT2D eigenvalue weighted by Gasteiger charge is -2.20. The van der Waals surface area contributed by atoms with Crippen LogP contribution in [-0.4, -0.2) is 18.4 Å². The first-order valence-corrected chi connectivity index (χ1v) is 8.97. The monoisotopic (exact) mass is 370 g/mol. The summed E-state index contributed by atoms with van der Waals surface area (Å²) in [6, 6.07) is 21.3. The van der Waals surface area contributed by atoms with Crippen molar-refractivity contribution in [2.45, 2.75) is 13.3 Å². The van der Waals surface area contributed by atoms with Crippen LogP contribution >= 0.6 is 0 Å². The van der Waals surface area contributed by atoms with E-state index in [1.807, 2.05) is 12.1 Å². The Kier molecular flexibility index (Phi) is 5.38. The number of hydrogen-bond acceptors (Lipinski definition) is 5. The molecule has 2 atom stereocenters. The van der Waals surface area contributed by atoms with Gasteiger partial charge in [0.25, 0.3) is 0 Å². The van der Waals surface area contributed by atoms with E-state index in [4.69, 9.17) is 4.74 Å². The number of benzene rings is 2. The van der Waals surface area contributed by atoms with Crippen LogP contribution in [0, 0.1) is 34.0 Å². The first-order chi connectivity index (χ1) is 13.6. The van der Waals surface area contributed by atoms with Gasteiger partial charge in [-0.1, -0.05) is 60.7 Å². The summed E-state index contributed by atoms with van der Waals surface area (Å²) in [5, 5.41) is 19.1. The second-order valence-electron chi connectivity index (χ2n) is 6.52. The molecular formula is C23H18N2O3. The van der Waals surface area contributed by atoms with Gasteiger partial charge in [-0.2, -0.15) is 10.5 Å². The molecule has 0 aromatic heterocycles. The summed E-state index contributed by atoms with van der Waals surface area (Å²) in [4.78, 5) is 26.1. The van der Waals surface area contributed by atoms with E-state index in [2.05, 4.69) is 0 Å². The van der Waals surface area contributed by atoms with Crippen LogP contribution in [0.5, 0.6) is 0 Å². The van der Waals surface area contributed by atoms with Gasteiger partial charge in [0, 0.05) is 17.1 Å². The van der Waals surface area contributed by atoms with E-state index in [1.165, 1.54) is 0 Å². The highest BCUT2D eigenvalue weighted by molar-refractivity contribution is 6.11. The normalized spacial score (nSPS) is 19.6. The van der Waals surface area contributed by atoms with Gasteiger partial charge in [0.1, 0.15) is 23.1 Å². The second kappa shape index (κ2) is 7.90. The Balaban J connectivity index is 2.17. The standard InChI is InChI=1S/C23H18N2O3/c1-2-28-22(27)23(13-19(23)21(26)17-11-7-4-8-12-17)20(18(14-24)15-25)16-9-5-3-6-10-16/h3-12,19H,2,13H2,1H3/t19-,23+/m0/s1. The fourth-order valence-electron chi connectivity index (χ4n) is 3.61. The molecule has 0 heterocycles. The molecule has 28 heavy (non-hydrogen) atoms. The average molecular weight is 370 g/mol. The Hall–Kier alpha value is -3.70. The summed E-state index contributed by atoms with van der Waals surface area (Å²) in [6.07, 6.45) is 0.205. The highest BCUT2D eigenvalue weighted by Gasteiger charge is 2.67. The number of ether oxygens (including phenoxy) is 1. The van der Waals surface area contributed by atoms with Crippen molar-refractivity contribution in [3.8, 4) is 12.1 Å². The summed E-state index contributed by atoms with van der Waals surface area (Å²) in [6.45, 7) is 1.83. The molecule has 0 radical (unpaired) electrons. The van der Waals surface area contributed by atoms with E-state index in [9.17, 15) is 20.1 Å². The molecule has 1 saturated carbocycles. The van der Waals surface area contributed by atoms with Gasteiger partial charge < -0.3 is 4.74 Å². The first-order valence-electron chi connectivity index (χ1n) is 8.97. The molecular weight excluding hydrogens is 352 g/mol. The third kappa shape index (κ3) is 3.19. The second-order valence-corrected chi connectivity index (χ2v) is 6.52. The van der Waals surface area contributed by atoms with Crippen LogP contribution < -0.4 is 0 Å². The Bertz CT molecular complexity index is 997. The highest BCUT2D eigenvalue weighted by Crippen LogP contribution is 2.63. The molecule has 1 aliphatic rings. The number of nitrogens with zero attached hydrogens (tertiary/aromatic N) is 2. The Labute approximate surface area is 163 Å². The minimum atomic E-state index is -1.33. The minimum Gasteiger partial charge on any atom is -0.465 e. The van der Waals surface area contributed by atoms with Crippen LogP contribution in [0.3, 0.4) is 0 Å². The average Bonchev–Trinajstić information content (AvgIpc) is 3.49. The van der Waals surface area contributed by atoms with Crippen LogP contribution in [0.1, 0.15) is 29.3 Å². The Morgan fingerprint density at radius 3 is 2.04 bits per heavy atom. The number of Topliss-reactive ketones (excluding diaryl/α,β-unsaturated/α-hetero) is 1. The van der Waals surface area contributed by atoms with Crippen molar-refractivity contribution in [1.29, 1.82) is 10.5 Å². The van der Waals surface area contributed by atoms with Crippen LogP contribution in [0.4, 0.5) is 0 Å². The SMILES string of the molecule is CCOC(=O)[C@]1(C(=C(C#N)C#N)c2ccccc2)C[C@H]1C(=O)c1ccccc1. The van der Waals surface area contributed by atoms with E-state index >= 15 is 0 Å². The summed E-state index contributed by atoms with van der Waals surface area (Å²) in [5.41, 5.74) is -0.183. The maximum Gasteiger partial charge on any atom is 0.317 e. The predicted molar refractivity (Wildman–Crippen MR) is 103 cm³/mol. The van der Waals surface area contributed by atoms with E-state index in [0.717, 1.165) is 0 Å². The first kappa shape index (κ1) is 19.1. The van der Waals surface area contributed by atoms with Crippen LogP contribution in [0.2, 0.25) is 0 Å². The molecule has 2 aromatic carbocycles. The smallest absolute Gasteiger partial charge is 0.317 e. The number of ketones is 1. The molecule has 0 saturated heterocycles. The molecule has 0 bridgehead atoms. The lowest BCUT2D eigenvalue weighted by atomic mass is 9.83. The fourth-order valence-corrected chi connectivity index (χ4v) is 3.61. The molecule has 5 heteroatoms. The highest BCUT2D eigenvalue weighted by atomic mass is 16.5. The zero-order chi connectivity index (χ0) is 20.1. The molecule has 0 spiro atoms. The summed E-state index contributed by atoms with van der Waals surface area (Å²) >= 11 is 0. The number of carbonyl (C=O) groups excluding carboxylic acids is 2. The molecule has 1 aliphatic carbocycles. The molecule has 0 amide bonds. The Morgan fingerprint density at radius 2 is 1.54 bits per heavy atom. The van der Waals surface area contributed by atoms with Crippen LogP contribution in [0.25, 0.3) is 5.57 Å². The summed E-state index contributed by atoms with van der Waals surface area (Å²) < 4.78 is 5.28. The number of rotatable bonds is 6. The van der Waals surface area contributed by atoms with Crippen molar-refractivity contribution in [1.82, 2.24) is 0 Å². The van der Waals surface area contributed by atoms with Crippen molar-refractivity contribution in [2.24, 2.45) is 11.3 Å². The topological polar surface area (TPSA) is 90.9 Å². The number of nitriles is 2. The van der Waals surface area contributed by atoms with Gasteiger partial charge in [0.15, 0.2) is 5.78 Å². The van der Waals surface area contributed by atoms with Gasteiger partial charge >= 0.3 is 5.97 Å². The molecule has 1 fully saturated rings. The molecule has 138 valence electrons. The quantitative estimate of drug-likeness (QED) is 0.436. The largest absolute Gasteiger partial charge is 0.465 e. The van der Waals surface area contributed by atoms with Gasteiger partial charge in [-0.25, -0.2) is 0 Å². The van der Waals surface area contributed by atoms with E-state index in [0.29, 0.717) is 11.1 Å². The molecule has 0 unspecified atom stereocenters. The zero-order valence-electron chi connectivity index (χ0n) is 15.4. The molecule has 0 N–H and O–H groups in total. The van der Waals surface area contributed by atoms with Gasteiger partial charge in [-0.3, -0.25) is 9.59 Å². The zero-order valence-corrected chi connectivity index (χ0v) is 15.4. The minimum absolute atomic E-state index is 0.142. The van der Waals surface area contributed by atoms with Gasteiger partial charge in [-0.15, -0.1) is 0 Å². The number of carbonyl (C=O) groups is 2. The fraction of sp³-hybridized carbons (Fsp3) is 0.217. The van der Waals surface area contributed by atoms with Crippen LogP contribution in [-0.2, 0) is 9.53 Å². The van der Waals surface area contributed by atoms with Crippen LogP contribution in [0.15, 0.2) is 66.2 Å².